The van der Waals surface area contributed by atoms with Crippen LogP contribution in [0.1, 0.15) is 10.4 Å². The van der Waals surface area contributed by atoms with Crippen LogP contribution >= 0.6 is 23.4 Å². The summed E-state index contributed by atoms with van der Waals surface area (Å²) in [7, 11) is -1.50. The minimum atomic E-state index is -3.96. The van der Waals surface area contributed by atoms with E-state index in [1.807, 2.05) is 24.5 Å². The smallest absolute Gasteiger partial charge is 0.266 e. The van der Waals surface area contributed by atoms with E-state index < -0.39 is 15.9 Å². The summed E-state index contributed by atoms with van der Waals surface area (Å²) in [5.41, 5.74) is 0.784. The van der Waals surface area contributed by atoms with Gasteiger partial charge in [0.2, 0.25) is 0 Å². The zero-order chi connectivity index (χ0) is 18.6. The molecule has 0 saturated heterocycles. The molecule has 0 spiro atoms. The van der Waals surface area contributed by atoms with Crippen LogP contribution in [-0.4, -0.2) is 39.2 Å². The maximum absolute atomic E-state index is 12.4. The average molecular weight is 401 g/mol. The van der Waals surface area contributed by atoms with E-state index in [1.165, 1.54) is 32.4 Å². The van der Waals surface area contributed by atoms with Crippen LogP contribution in [-0.2, 0) is 14.9 Å². The van der Waals surface area contributed by atoms with Crippen LogP contribution in [0.2, 0.25) is 5.02 Å². The third-order valence-corrected chi connectivity index (χ3v) is 6.28. The minimum absolute atomic E-state index is 0.00447. The van der Waals surface area contributed by atoms with Crippen LogP contribution in [0.15, 0.2) is 52.3 Å². The number of nitrogens with zero attached hydrogens (tertiary/aromatic N) is 1. The Morgan fingerprint density at radius 1 is 1.24 bits per heavy atom. The Balaban J connectivity index is 2.34. The van der Waals surface area contributed by atoms with Crippen molar-refractivity contribution in [1.29, 1.82) is 0 Å². The molecule has 6 nitrogen and oxygen atoms in total. The normalized spacial score (nSPS) is 11.6. The van der Waals surface area contributed by atoms with Crippen LogP contribution in [0.4, 0.5) is 5.69 Å². The van der Waals surface area contributed by atoms with Crippen LogP contribution in [0.25, 0.3) is 0 Å². The number of amides is 1. The molecule has 0 saturated carbocycles. The lowest BCUT2D eigenvalue weighted by Gasteiger charge is -2.16. The number of sulfonamides is 1. The standard InChI is InChI=1S/C16H17ClN2O4S2/c1-19(23-2)25(21,22)15-9-11(7-8-14(15)17)16(20)18-12-5-4-6-13(10-12)24-3/h4-10H,1-3H3,(H,18,20). The molecule has 0 heterocycles. The number of carbonyl (C=O) groups is 1. The van der Waals surface area contributed by atoms with Gasteiger partial charge in [0.15, 0.2) is 0 Å². The third-order valence-electron chi connectivity index (χ3n) is 3.39. The van der Waals surface area contributed by atoms with Gasteiger partial charge in [0.1, 0.15) is 4.90 Å². The Bertz CT molecular complexity index is 887. The number of halogens is 1. The first-order valence-electron chi connectivity index (χ1n) is 7.07. The molecule has 0 aliphatic carbocycles. The van der Waals surface area contributed by atoms with Gasteiger partial charge in [-0.3, -0.25) is 9.63 Å². The summed E-state index contributed by atoms with van der Waals surface area (Å²) in [6.07, 6.45) is 1.93. The fourth-order valence-corrected chi connectivity index (χ4v) is 3.92. The number of rotatable bonds is 6. The molecular weight excluding hydrogens is 384 g/mol. The van der Waals surface area contributed by atoms with Gasteiger partial charge >= 0.3 is 0 Å². The summed E-state index contributed by atoms with van der Waals surface area (Å²) in [5, 5.41) is 2.74. The van der Waals surface area contributed by atoms with Crippen molar-refractivity contribution >= 4 is 45.0 Å². The summed E-state index contributed by atoms with van der Waals surface area (Å²) < 4.78 is 25.4. The first-order valence-corrected chi connectivity index (χ1v) is 10.1. The molecule has 2 rings (SSSR count). The number of thioether (sulfide) groups is 1. The fraction of sp³-hybridized carbons (Fsp3) is 0.188. The average Bonchev–Trinajstić information content (AvgIpc) is 2.61. The van der Waals surface area contributed by atoms with Crippen LogP contribution in [0.3, 0.4) is 0 Å². The van der Waals surface area contributed by atoms with E-state index in [0.29, 0.717) is 10.2 Å². The molecule has 2 aromatic carbocycles. The molecule has 1 N–H and O–H groups in total. The number of benzene rings is 2. The number of nitrogens with one attached hydrogen (secondary N) is 1. The molecule has 25 heavy (non-hydrogen) atoms. The highest BCUT2D eigenvalue weighted by molar-refractivity contribution is 7.98. The quantitative estimate of drug-likeness (QED) is 0.593. The number of carbonyl (C=O) groups excluding carboxylic acids is 1. The minimum Gasteiger partial charge on any atom is -0.322 e. The van der Waals surface area contributed by atoms with E-state index in [4.69, 9.17) is 16.4 Å². The van der Waals surface area contributed by atoms with E-state index in [2.05, 4.69) is 5.32 Å². The molecule has 0 bridgehead atoms. The molecule has 0 aliphatic rings. The van der Waals surface area contributed by atoms with E-state index in [0.717, 1.165) is 4.90 Å². The molecule has 2 aromatic rings. The second-order valence-corrected chi connectivity index (χ2v) is 8.12. The number of hydrogen-bond acceptors (Lipinski definition) is 5. The maximum Gasteiger partial charge on any atom is 0.266 e. The van der Waals surface area contributed by atoms with Crippen LogP contribution < -0.4 is 5.32 Å². The molecule has 0 unspecified atom stereocenters. The molecule has 9 heteroatoms. The summed E-state index contributed by atoms with van der Waals surface area (Å²) >= 11 is 7.54. The predicted octanol–water partition coefficient (Wildman–Crippen LogP) is 3.50. The fourth-order valence-electron chi connectivity index (χ4n) is 1.98. The number of hydrogen-bond donors (Lipinski definition) is 1. The van der Waals surface area contributed by atoms with Gasteiger partial charge in [-0.25, -0.2) is 8.42 Å². The highest BCUT2D eigenvalue weighted by Crippen LogP contribution is 2.26. The van der Waals surface area contributed by atoms with Crippen molar-refractivity contribution in [2.75, 3.05) is 25.7 Å². The van der Waals surface area contributed by atoms with Gasteiger partial charge in [-0.2, -0.15) is 0 Å². The van der Waals surface area contributed by atoms with E-state index in [9.17, 15) is 13.2 Å². The predicted molar refractivity (Wildman–Crippen MR) is 99.6 cm³/mol. The van der Waals surface area contributed by atoms with E-state index in [1.54, 1.807) is 17.8 Å². The van der Waals surface area contributed by atoms with Crippen LogP contribution in [0, 0.1) is 0 Å². The maximum atomic E-state index is 12.4. The Morgan fingerprint density at radius 2 is 1.96 bits per heavy atom. The van der Waals surface area contributed by atoms with Crippen molar-refractivity contribution in [2.45, 2.75) is 9.79 Å². The summed E-state index contributed by atoms with van der Waals surface area (Å²) in [6, 6.07) is 11.4. The molecule has 0 atom stereocenters. The monoisotopic (exact) mass is 400 g/mol. The molecular formula is C16H17ClN2O4S2. The van der Waals surface area contributed by atoms with Gasteiger partial charge in [-0.1, -0.05) is 22.1 Å². The zero-order valence-electron chi connectivity index (χ0n) is 13.8. The molecule has 134 valence electrons. The zero-order valence-corrected chi connectivity index (χ0v) is 16.2. The highest BCUT2D eigenvalue weighted by atomic mass is 35.5. The summed E-state index contributed by atoms with van der Waals surface area (Å²) in [5.74, 6) is -0.438. The van der Waals surface area contributed by atoms with Crippen molar-refractivity contribution < 1.29 is 18.0 Å². The highest BCUT2D eigenvalue weighted by Gasteiger charge is 2.25. The van der Waals surface area contributed by atoms with Crippen molar-refractivity contribution in [1.82, 2.24) is 4.47 Å². The van der Waals surface area contributed by atoms with Gasteiger partial charge in [-0.05, 0) is 42.7 Å². The second kappa shape index (κ2) is 8.20. The molecule has 1 amide bonds. The van der Waals surface area contributed by atoms with Gasteiger partial charge in [-0.15, -0.1) is 11.8 Å². The van der Waals surface area contributed by atoms with Gasteiger partial charge < -0.3 is 5.32 Å². The first-order chi connectivity index (χ1) is 11.8. The molecule has 0 aromatic heterocycles. The van der Waals surface area contributed by atoms with Gasteiger partial charge in [0.05, 0.1) is 12.1 Å². The molecule has 0 radical (unpaired) electrons. The Kier molecular flexibility index (Phi) is 6.47. The summed E-state index contributed by atoms with van der Waals surface area (Å²) in [6.45, 7) is 0. The topological polar surface area (TPSA) is 75.7 Å². The SMILES string of the molecule is CON(C)S(=O)(=O)c1cc(C(=O)Nc2cccc(SC)c2)ccc1Cl. The Hall–Kier alpha value is -1.58. The van der Waals surface area contributed by atoms with Crippen molar-refractivity contribution in [3.63, 3.8) is 0 Å². The second-order valence-electron chi connectivity index (χ2n) is 4.93. The number of hydroxylamine groups is 1. The first kappa shape index (κ1) is 19.7. The lowest BCUT2D eigenvalue weighted by Crippen LogP contribution is -2.26. The largest absolute Gasteiger partial charge is 0.322 e. The van der Waals surface area contributed by atoms with E-state index in [-0.39, 0.29) is 15.5 Å². The number of anilines is 1. The molecule has 0 fully saturated rings. The Labute approximate surface area is 156 Å². The van der Waals surface area contributed by atoms with Crippen molar-refractivity contribution in [3.05, 3.63) is 53.1 Å². The summed E-state index contributed by atoms with van der Waals surface area (Å²) in [4.78, 5) is 18.0. The lowest BCUT2D eigenvalue weighted by atomic mass is 10.2. The van der Waals surface area contributed by atoms with Crippen molar-refractivity contribution in [2.24, 2.45) is 0 Å². The third kappa shape index (κ3) is 4.53. The van der Waals surface area contributed by atoms with Crippen LogP contribution in [0.5, 0.6) is 0 Å². The van der Waals surface area contributed by atoms with E-state index >= 15 is 0 Å². The van der Waals surface area contributed by atoms with Gasteiger partial charge in [0.25, 0.3) is 15.9 Å². The van der Waals surface area contributed by atoms with Gasteiger partial charge in [0, 0.05) is 23.2 Å². The Morgan fingerprint density at radius 3 is 2.60 bits per heavy atom. The van der Waals surface area contributed by atoms with Crippen molar-refractivity contribution in [3.8, 4) is 0 Å². The lowest BCUT2D eigenvalue weighted by molar-refractivity contribution is -0.0258. The molecule has 0 aliphatic heterocycles.